The molecule has 3 rings (SSSR count). The smallest absolute Gasteiger partial charge is 0.241 e. The third-order valence-electron chi connectivity index (χ3n) is 5.19. The van der Waals surface area contributed by atoms with Gasteiger partial charge in [-0.1, -0.05) is 32.0 Å². The van der Waals surface area contributed by atoms with Crippen molar-refractivity contribution < 1.29 is 18.0 Å². The topological polar surface area (TPSA) is 104 Å². The Labute approximate surface area is 193 Å². The van der Waals surface area contributed by atoms with Crippen LogP contribution in [0.2, 0.25) is 0 Å². The Kier molecular flexibility index (Phi) is 7.63. The average molecular weight is 476 g/mol. The molecule has 0 bridgehead atoms. The molecule has 1 heterocycles. The van der Waals surface area contributed by atoms with Gasteiger partial charge in [0.25, 0.3) is 0 Å². The van der Waals surface area contributed by atoms with E-state index in [0.717, 1.165) is 22.4 Å². The molecule has 2 aromatic rings. The van der Waals surface area contributed by atoms with Crippen LogP contribution in [0.15, 0.2) is 47.4 Å². The van der Waals surface area contributed by atoms with Gasteiger partial charge in [-0.05, 0) is 60.7 Å². The van der Waals surface area contributed by atoms with Gasteiger partial charge in [0.15, 0.2) is 15.1 Å². The summed E-state index contributed by atoms with van der Waals surface area (Å²) >= 11 is 1.20. The molecule has 2 amide bonds. The van der Waals surface area contributed by atoms with Crippen LogP contribution < -0.4 is 16.0 Å². The molecule has 2 atom stereocenters. The van der Waals surface area contributed by atoms with E-state index in [2.05, 4.69) is 16.0 Å². The third-order valence-corrected chi connectivity index (χ3v) is 8.30. The van der Waals surface area contributed by atoms with Crippen molar-refractivity contribution >= 4 is 39.1 Å². The van der Waals surface area contributed by atoms with E-state index < -0.39 is 26.5 Å². The Hall–Kier alpha value is -2.36. The van der Waals surface area contributed by atoms with Crippen LogP contribution in [0, 0.1) is 13.8 Å². The van der Waals surface area contributed by atoms with Gasteiger partial charge in [-0.2, -0.15) is 0 Å². The average Bonchev–Trinajstić information content (AvgIpc) is 2.71. The van der Waals surface area contributed by atoms with E-state index >= 15 is 0 Å². The number of hydrogen-bond acceptors (Lipinski definition) is 6. The van der Waals surface area contributed by atoms with Gasteiger partial charge < -0.3 is 10.6 Å². The number of benzene rings is 2. The molecule has 1 fully saturated rings. The maximum atomic E-state index is 12.9. The van der Waals surface area contributed by atoms with Crippen LogP contribution in [0.1, 0.15) is 36.5 Å². The van der Waals surface area contributed by atoms with E-state index in [9.17, 15) is 18.0 Å². The summed E-state index contributed by atoms with van der Waals surface area (Å²) < 4.78 is 25.9. The Morgan fingerprint density at radius 2 is 1.75 bits per heavy atom. The Balaban J connectivity index is 1.55. The largest absolute Gasteiger partial charge is 0.331 e. The minimum absolute atomic E-state index is 0.0174. The minimum Gasteiger partial charge on any atom is -0.331 e. The highest BCUT2D eigenvalue weighted by Crippen LogP contribution is 2.23. The SMILES string of the molecule is Cc1cc(C)cc(NC(=O)CSC2NCC(S(=O)(=O)c3ccc(C(C)C)cc3)C(=O)N2)c1. The van der Waals surface area contributed by atoms with Crippen LogP contribution in [0.5, 0.6) is 0 Å². The molecule has 3 N–H and O–H groups in total. The molecule has 1 aliphatic heterocycles. The van der Waals surface area contributed by atoms with E-state index in [0.29, 0.717) is 0 Å². The van der Waals surface area contributed by atoms with E-state index in [1.54, 1.807) is 24.3 Å². The fourth-order valence-corrected chi connectivity index (χ4v) is 5.85. The highest BCUT2D eigenvalue weighted by atomic mass is 32.2. The molecule has 0 spiro atoms. The van der Waals surface area contributed by atoms with Crippen LogP contribution >= 0.6 is 11.8 Å². The molecular weight excluding hydrogens is 446 g/mol. The van der Waals surface area contributed by atoms with Gasteiger partial charge >= 0.3 is 0 Å². The van der Waals surface area contributed by atoms with Crippen LogP contribution in [0.4, 0.5) is 5.69 Å². The van der Waals surface area contributed by atoms with Crippen molar-refractivity contribution in [2.75, 3.05) is 17.6 Å². The van der Waals surface area contributed by atoms with Crippen LogP contribution in [-0.4, -0.2) is 43.3 Å². The van der Waals surface area contributed by atoms with E-state index in [-0.39, 0.29) is 29.0 Å². The predicted octanol–water partition coefficient (Wildman–Crippen LogP) is 2.94. The molecule has 7 nitrogen and oxygen atoms in total. The molecule has 0 aliphatic carbocycles. The standard InChI is InChI=1S/C23H29N3O4S2/c1-14(2)17-5-7-19(8-6-17)32(29,30)20-12-24-23(26-22(20)28)31-13-21(27)25-18-10-15(3)9-16(4)11-18/h5-11,14,20,23-24H,12-13H2,1-4H3,(H,25,27)(H,26,28). The van der Waals surface area contributed by atoms with Crippen molar-refractivity contribution in [1.29, 1.82) is 0 Å². The number of nitrogens with one attached hydrogen (secondary N) is 3. The lowest BCUT2D eigenvalue weighted by molar-refractivity contribution is -0.122. The monoisotopic (exact) mass is 475 g/mol. The first kappa shape index (κ1) is 24.3. The summed E-state index contributed by atoms with van der Waals surface area (Å²) in [6.07, 6.45) is 0. The summed E-state index contributed by atoms with van der Waals surface area (Å²) in [7, 11) is -3.82. The van der Waals surface area contributed by atoms with Gasteiger partial charge in [-0.15, -0.1) is 11.8 Å². The zero-order valence-corrected chi connectivity index (χ0v) is 20.3. The molecule has 32 heavy (non-hydrogen) atoms. The predicted molar refractivity (Wildman–Crippen MR) is 128 cm³/mol. The maximum absolute atomic E-state index is 12.9. The molecular formula is C23H29N3O4S2. The van der Waals surface area contributed by atoms with Crippen molar-refractivity contribution in [3.8, 4) is 0 Å². The number of sulfone groups is 1. The zero-order valence-electron chi connectivity index (χ0n) is 18.6. The Morgan fingerprint density at radius 3 is 2.31 bits per heavy atom. The zero-order chi connectivity index (χ0) is 23.5. The second kappa shape index (κ2) is 10.1. The fourth-order valence-electron chi connectivity index (χ4n) is 3.54. The van der Waals surface area contributed by atoms with Crippen molar-refractivity contribution in [1.82, 2.24) is 10.6 Å². The molecule has 1 aliphatic rings. The molecule has 1 saturated heterocycles. The molecule has 2 unspecified atom stereocenters. The molecule has 0 radical (unpaired) electrons. The van der Waals surface area contributed by atoms with Crippen LogP contribution in [0.3, 0.4) is 0 Å². The van der Waals surface area contributed by atoms with Gasteiger partial charge in [-0.25, -0.2) is 8.42 Å². The lowest BCUT2D eigenvalue weighted by atomic mass is 10.0. The van der Waals surface area contributed by atoms with Gasteiger partial charge in [0.05, 0.1) is 10.6 Å². The van der Waals surface area contributed by atoms with E-state index in [1.807, 2.05) is 45.9 Å². The number of anilines is 1. The lowest BCUT2D eigenvalue weighted by Gasteiger charge is -2.29. The third kappa shape index (κ3) is 5.90. The molecule has 0 saturated carbocycles. The molecule has 172 valence electrons. The van der Waals surface area contributed by atoms with Crippen molar-refractivity contribution in [3.63, 3.8) is 0 Å². The molecule has 0 aromatic heterocycles. The first-order valence-corrected chi connectivity index (χ1v) is 13.0. The summed E-state index contributed by atoms with van der Waals surface area (Å²) in [5, 5.41) is 7.31. The van der Waals surface area contributed by atoms with Crippen LogP contribution in [0.25, 0.3) is 0 Å². The number of carbonyl (C=O) groups excluding carboxylic acids is 2. The first-order valence-electron chi connectivity index (χ1n) is 10.4. The van der Waals surface area contributed by atoms with Gasteiger partial charge in [0, 0.05) is 12.2 Å². The van der Waals surface area contributed by atoms with E-state index in [1.165, 1.54) is 11.8 Å². The molecule has 9 heteroatoms. The highest BCUT2D eigenvalue weighted by Gasteiger charge is 2.38. The number of aryl methyl sites for hydroxylation is 2. The Bertz CT molecular complexity index is 1080. The summed E-state index contributed by atoms with van der Waals surface area (Å²) in [5.74, 6) is -0.366. The van der Waals surface area contributed by atoms with Crippen LogP contribution in [-0.2, 0) is 19.4 Å². The molecule has 2 aromatic carbocycles. The number of rotatable bonds is 7. The highest BCUT2D eigenvalue weighted by molar-refractivity contribution is 8.00. The summed E-state index contributed by atoms with van der Waals surface area (Å²) in [6, 6.07) is 12.5. The number of carbonyl (C=O) groups is 2. The van der Waals surface area contributed by atoms with Crippen molar-refractivity contribution in [2.24, 2.45) is 0 Å². The number of hydrogen-bond donors (Lipinski definition) is 3. The number of thioether (sulfide) groups is 1. The first-order chi connectivity index (χ1) is 15.1. The summed E-state index contributed by atoms with van der Waals surface area (Å²) in [5.41, 5.74) is 3.33. The lowest BCUT2D eigenvalue weighted by Crippen LogP contribution is -2.59. The fraction of sp³-hybridized carbons (Fsp3) is 0.391. The normalized spacial score (nSPS) is 19.0. The Morgan fingerprint density at radius 1 is 1.12 bits per heavy atom. The van der Waals surface area contributed by atoms with Gasteiger partial charge in [0.1, 0.15) is 5.50 Å². The summed E-state index contributed by atoms with van der Waals surface area (Å²) in [4.78, 5) is 25.0. The second-order valence-corrected chi connectivity index (χ2v) is 11.5. The van der Waals surface area contributed by atoms with Crippen molar-refractivity contribution in [3.05, 3.63) is 59.2 Å². The summed E-state index contributed by atoms with van der Waals surface area (Å²) in [6.45, 7) is 7.96. The van der Waals surface area contributed by atoms with E-state index in [4.69, 9.17) is 0 Å². The van der Waals surface area contributed by atoms with Gasteiger partial charge in [-0.3, -0.25) is 14.9 Å². The quantitative estimate of drug-likeness (QED) is 0.569. The maximum Gasteiger partial charge on any atom is 0.241 e. The van der Waals surface area contributed by atoms with Gasteiger partial charge in [0.2, 0.25) is 11.8 Å². The number of amides is 2. The second-order valence-electron chi connectivity index (χ2n) is 8.29. The van der Waals surface area contributed by atoms with Crippen molar-refractivity contribution in [2.45, 2.75) is 49.3 Å². The minimum atomic E-state index is -3.82.